The molecule has 0 spiro atoms. The molecule has 2 fully saturated rings. The molecule has 0 aromatic heterocycles. The van der Waals surface area contributed by atoms with Crippen LogP contribution in [0.2, 0.25) is 0 Å². The van der Waals surface area contributed by atoms with Crippen LogP contribution in [-0.2, 0) is 0 Å². The molecule has 2 nitrogen and oxygen atoms in total. The molecule has 2 aliphatic heterocycles. The lowest BCUT2D eigenvalue weighted by Crippen LogP contribution is -2.44. The third-order valence-electron chi connectivity index (χ3n) is 5.35. The summed E-state index contributed by atoms with van der Waals surface area (Å²) in [5.41, 5.74) is 0. The molecular formula is C18H38N2. The molecule has 2 atom stereocenters. The average Bonchev–Trinajstić information content (AvgIpc) is 2.45. The predicted octanol–water partition coefficient (Wildman–Crippen LogP) is 3.97. The Labute approximate surface area is 127 Å². The van der Waals surface area contributed by atoms with E-state index in [1.54, 1.807) is 0 Å². The fourth-order valence-corrected chi connectivity index (χ4v) is 3.81. The van der Waals surface area contributed by atoms with Gasteiger partial charge >= 0.3 is 0 Å². The SMILES string of the molecule is CC.CC(C)C1CCN(C[C@@H]2CCN(C)C[C@@H]2C)CC1. The van der Waals surface area contributed by atoms with E-state index in [1.807, 2.05) is 13.8 Å². The molecular weight excluding hydrogens is 244 g/mol. The lowest BCUT2D eigenvalue weighted by atomic mass is 9.84. The van der Waals surface area contributed by atoms with E-state index >= 15 is 0 Å². The zero-order chi connectivity index (χ0) is 15.1. The molecule has 20 heavy (non-hydrogen) atoms. The van der Waals surface area contributed by atoms with Gasteiger partial charge in [0, 0.05) is 13.1 Å². The minimum atomic E-state index is 0.881. The third-order valence-corrected chi connectivity index (χ3v) is 5.35. The number of piperidine rings is 2. The smallest absolute Gasteiger partial charge is 0.00132 e. The predicted molar refractivity (Wildman–Crippen MR) is 90.1 cm³/mol. The van der Waals surface area contributed by atoms with Gasteiger partial charge in [-0.15, -0.1) is 0 Å². The van der Waals surface area contributed by atoms with Crippen LogP contribution in [0.15, 0.2) is 0 Å². The molecule has 0 aliphatic carbocycles. The van der Waals surface area contributed by atoms with Gasteiger partial charge < -0.3 is 9.80 Å². The average molecular weight is 283 g/mol. The Morgan fingerprint density at radius 2 is 1.60 bits per heavy atom. The van der Waals surface area contributed by atoms with E-state index in [2.05, 4.69) is 37.6 Å². The van der Waals surface area contributed by atoms with E-state index in [1.165, 1.54) is 52.0 Å². The van der Waals surface area contributed by atoms with Crippen molar-refractivity contribution in [2.75, 3.05) is 39.8 Å². The summed E-state index contributed by atoms with van der Waals surface area (Å²) < 4.78 is 0. The molecule has 120 valence electrons. The highest BCUT2D eigenvalue weighted by atomic mass is 15.1. The Hall–Kier alpha value is -0.0800. The fraction of sp³-hybridized carbons (Fsp3) is 1.00. The van der Waals surface area contributed by atoms with Crippen molar-refractivity contribution >= 4 is 0 Å². The Bertz CT molecular complexity index is 244. The zero-order valence-corrected chi connectivity index (χ0v) is 14.9. The molecule has 0 saturated carbocycles. The Balaban J connectivity index is 0.000000956. The van der Waals surface area contributed by atoms with E-state index in [9.17, 15) is 0 Å². The second-order valence-corrected chi connectivity index (χ2v) is 7.17. The van der Waals surface area contributed by atoms with Crippen LogP contribution in [0, 0.1) is 23.7 Å². The van der Waals surface area contributed by atoms with E-state index in [0.717, 1.165) is 23.7 Å². The maximum atomic E-state index is 2.74. The van der Waals surface area contributed by atoms with Gasteiger partial charge in [-0.2, -0.15) is 0 Å². The van der Waals surface area contributed by atoms with Crippen LogP contribution in [0.5, 0.6) is 0 Å². The fourth-order valence-electron chi connectivity index (χ4n) is 3.81. The topological polar surface area (TPSA) is 6.48 Å². The second-order valence-electron chi connectivity index (χ2n) is 7.17. The first-order valence-corrected chi connectivity index (χ1v) is 8.97. The van der Waals surface area contributed by atoms with Crippen molar-refractivity contribution < 1.29 is 0 Å². The lowest BCUT2D eigenvalue weighted by Gasteiger charge is -2.40. The van der Waals surface area contributed by atoms with Gasteiger partial charge in [-0.25, -0.2) is 0 Å². The highest BCUT2D eigenvalue weighted by molar-refractivity contribution is 4.81. The van der Waals surface area contributed by atoms with Crippen LogP contribution < -0.4 is 0 Å². The first-order chi connectivity index (χ1) is 9.56. The molecule has 2 heterocycles. The van der Waals surface area contributed by atoms with Crippen molar-refractivity contribution in [3.05, 3.63) is 0 Å². The van der Waals surface area contributed by atoms with Gasteiger partial charge in [-0.05, 0) is 69.6 Å². The van der Waals surface area contributed by atoms with E-state index < -0.39 is 0 Å². The minimum absolute atomic E-state index is 0.881. The van der Waals surface area contributed by atoms with Crippen molar-refractivity contribution in [2.45, 2.75) is 53.9 Å². The Morgan fingerprint density at radius 3 is 2.10 bits per heavy atom. The molecule has 0 N–H and O–H groups in total. The minimum Gasteiger partial charge on any atom is -0.306 e. The molecule has 0 bridgehead atoms. The summed E-state index contributed by atoms with van der Waals surface area (Å²) in [6.45, 7) is 17.9. The van der Waals surface area contributed by atoms with Crippen molar-refractivity contribution in [1.29, 1.82) is 0 Å². The first kappa shape index (κ1) is 18.0. The summed E-state index contributed by atoms with van der Waals surface area (Å²) in [6.07, 6.45) is 4.26. The first-order valence-electron chi connectivity index (χ1n) is 8.97. The summed E-state index contributed by atoms with van der Waals surface area (Å²) in [6, 6.07) is 0. The van der Waals surface area contributed by atoms with Gasteiger partial charge in [-0.3, -0.25) is 0 Å². The van der Waals surface area contributed by atoms with Gasteiger partial charge in [0.05, 0.1) is 0 Å². The van der Waals surface area contributed by atoms with Crippen LogP contribution in [-0.4, -0.2) is 49.6 Å². The van der Waals surface area contributed by atoms with E-state index in [-0.39, 0.29) is 0 Å². The monoisotopic (exact) mass is 282 g/mol. The lowest BCUT2D eigenvalue weighted by molar-refractivity contribution is 0.0860. The highest BCUT2D eigenvalue weighted by Crippen LogP contribution is 2.28. The molecule has 0 amide bonds. The maximum Gasteiger partial charge on any atom is 0.00132 e. The number of nitrogens with zero attached hydrogens (tertiary/aromatic N) is 2. The van der Waals surface area contributed by atoms with Crippen molar-refractivity contribution in [2.24, 2.45) is 23.7 Å². The highest BCUT2D eigenvalue weighted by Gasteiger charge is 2.28. The largest absolute Gasteiger partial charge is 0.306 e. The van der Waals surface area contributed by atoms with Crippen molar-refractivity contribution in [3.63, 3.8) is 0 Å². The number of likely N-dealkylation sites (tertiary alicyclic amines) is 2. The molecule has 0 unspecified atom stereocenters. The zero-order valence-electron chi connectivity index (χ0n) is 14.9. The Morgan fingerprint density at radius 1 is 1.00 bits per heavy atom. The normalized spacial score (nSPS) is 30.1. The van der Waals surface area contributed by atoms with Gasteiger partial charge in [-0.1, -0.05) is 34.6 Å². The molecule has 2 aliphatic rings. The van der Waals surface area contributed by atoms with Gasteiger partial charge in [0.25, 0.3) is 0 Å². The van der Waals surface area contributed by atoms with Crippen LogP contribution in [0.4, 0.5) is 0 Å². The molecule has 2 rings (SSSR count). The molecule has 2 heteroatoms. The van der Waals surface area contributed by atoms with Crippen LogP contribution >= 0.6 is 0 Å². The second kappa shape index (κ2) is 9.04. The van der Waals surface area contributed by atoms with Crippen LogP contribution in [0.1, 0.15) is 53.9 Å². The van der Waals surface area contributed by atoms with Crippen LogP contribution in [0.25, 0.3) is 0 Å². The van der Waals surface area contributed by atoms with Crippen LogP contribution in [0.3, 0.4) is 0 Å². The standard InChI is InChI=1S/C16H32N2.C2H6/c1-13(2)15-6-9-18(10-7-15)12-16-5-8-17(4)11-14(16)3;1-2/h13-16H,5-12H2,1-4H3;1-2H3/t14-,16-;/m0./s1. The molecule has 0 aromatic rings. The summed E-state index contributed by atoms with van der Waals surface area (Å²) in [7, 11) is 2.26. The maximum absolute atomic E-state index is 2.74. The van der Waals surface area contributed by atoms with E-state index in [0.29, 0.717) is 0 Å². The van der Waals surface area contributed by atoms with Crippen molar-refractivity contribution in [1.82, 2.24) is 9.80 Å². The summed E-state index contributed by atoms with van der Waals surface area (Å²) in [5.74, 6) is 3.69. The number of rotatable bonds is 3. The quantitative estimate of drug-likeness (QED) is 0.773. The summed E-state index contributed by atoms with van der Waals surface area (Å²) in [5, 5.41) is 0. The molecule has 0 aromatic carbocycles. The third kappa shape index (κ3) is 5.37. The van der Waals surface area contributed by atoms with E-state index in [4.69, 9.17) is 0 Å². The summed E-state index contributed by atoms with van der Waals surface area (Å²) in [4.78, 5) is 5.23. The number of hydrogen-bond acceptors (Lipinski definition) is 2. The van der Waals surface area contributed by atoms with Gasteiger partial charge in [0.15, 0.2) is 0 Å². The summed E-state index contributed by atoms with van der Waals surface area (Å²) >= 11 is 0. The van der Waals surface area contributed by atoms with Gasteiger partial charge in [0.1, 0.15) is 0 Å². The van der Waals surface area contributed by atoms with Crippen molar-refractivity contribution in [3.8, 4) is 0 Å². The van der Waals surface area contributed by atoms with Gasteiger partial charge in [0.2, 0.25) is 0 Å². The molecule has 2 saturated heterocycles. The Kier molecular flexibility index (Phi) is 8.13. The number of hydrogen-bond donors (Lipinski definition) is 0. The molecule has 0 radical (unpaired) electrons.